The first kappa shape index (κ1) is 9.06. The van der Waals surface area contributed by atoms with Crippen molar-refractivity contribution in [1.82, 2.24) is 0 Å². The molecule has 1 N–H and O–H groups in total. The molecule has 0 saturated carbocycles. The van der Waals surface area contributed by atoms with Crippen LogP contribution in [-0.4, -0.2) is 17.5 Å². The molecule has 0 radical (unpaired) electrons. The van der Waals surface area contributed by atoms with Crippen molar-refractivity contribution in [2.45, 2.75) is 19.8 Å². The summed E-state index contributed by atoms with van der Waals surface area (Å²) in [5.74, 6) is 0.669. The summed E-state index contributed by atoms with van der Waals surface area (Å²) in [6.07, 6.45) is 1.28. The zero-order chi connectivity index (χ0) is 10.1. The van der Waals surface area contributed by atoms with Crippen LogP contribution in [0.5, 0.6) is 11.5 Å². The molecular weight excluding hydrogens is 180 g/mol. The van der Waals surface area contributed by atoms with Crippen LogP contribution in [0.25, 0.3) is 0 Å². The number of phenols is 1. The Labute approximate surface area is 82.3 Å². The van der Waals surface area contributed by atoms with Crippen LogP contribution in [0.2, 0.25) is 0 Å². The average Bonchev–Trinajstić information content (AvgIpc) is 2.49. The number of hydrogen-bond acceptors (Lipinski definition) is 3. The van der Waals surface area contributed by atoms with E-state index in [1.165, 1.54) is 0 Å². The van der Waals surface area contributed by atoms with Gasteiger partial charge < -0.3 is 9.84 Å². The third kappa shape index (κ3) is 1.35. The van der Waals surface area contributed by atoms with Crippen molar-refractivity contribution in [2.24, 2.45) is 0 Å². The van der Waals surface area contributed by atoms with E-state index in [-0.39, 0.29) is 11.5 Å². The molecule has 74 valence electrons. The second-order valence-corrected chi connectivity index (χ2v) is 3.33. The lowest BCUT2D eigenvalue weighted by atomic mass is 10.1. The fourth-order valence-corrected chi connectivity index (χ4v) is 1.73. The number of fused-ring (bicyclic) bond motifs is 1. The summed E-state index contributed by atoms with van der Waals surface area (Å²) in [7, 11) is 0. The Morgan fingerprint density at radius 2 is 2.21 bits per heavy atom. The van der Waals surface area contributed by atoms with Gasteiger partial charge in [-0.25, -0.2) is 0 Å². The van der Waals surface area contributed by atoms with Crippen LogP contribution >= 0.6 is 0 Å². The van der Waals surface area contributed by atoms with Gasteiger partial charge in [-0.1, -0.05) is 0 Å². The summed E-state index contributed by atoms with van der Waals surface area (Å²) >= 11 is 0. The minimum absolute atomic E-state index is 0.125. The Balaban J connectivity index is 2.46. The van der Waals surface area contributed by atoms with E-state index in [9.17, 15) is 9.90 Å². The third-order valence-electron chi connectivity index (χ3n) is 2.41. The highest BCUT2D eigenvalue weighted by Gasteiger charge is 2.21. The van der Waals surface area contributed by atoms with Gasteiger partial charge >= 0.3 is 0 Å². The van der Waals surface area contributed by atoms with Crippen LogP contribution < -0.4 is 4.74 Å². The van der Waals surface area contributed by atoms with E-state index in [2.05, 4.69) is 0 Å². The molecule has 0 saturated heterocycles. The number of aryl methyl sites for hydroxylation is 1. The van der Waals surface area contributed by atoms with Gasteiger partial charge in [-0.2, -0.15) is 0 Å². The van der Waals surface area contributed by atoms with E-state index in [1.54, 1.807) is 12.1 Å². The van der Waals surface area contributed by atoms with Crippen LogP contribution in [0.1, 0.15) is 29.3 Å². The molecule has 1 aliphatic rings. The second-order valence-electron chi connectivity index (χ2n) is 3.33. The number of Topliss-reactive ketones (excluding diaryl/α,β-unsaturated/α-hetero) is 1. The molecule has 0 aliphatic heterocycles. The summed E-state index contributed by atoms with van der Waals surface area (Å²) in [6, 6.07) is 3.27. The predicted octanol–water partition coefficient (Wildman–Crippen LogP) is 1.92. The van der Waals surface area contributed by atoms with Gasteiger partial charge in [-0.3, -0.25) is 4.79 Å². The standard InChI is InChI=1S/C11H12O3/c1-2-14-11-6-8-7(5-10(11)13)3-4-9(8)12/h5-6,13H,2-4H2,1H3. The minimum Gasteiger partial charge on any atom is -0.504 e. The smallest absolute Gasteiger partial charge is 0.163 e. The van der Waals surface area contributed by atoms with Gasteiger partial charge in [0.25, 0.3) is 0 Å². The highest BCUT2D eigenvalue weighted by atomic mass is 16.5. The minimum atomic E-state index is 0.125. The van der Waals surface area contributed by atoms with Gasteiger partial charge in [-0.15, -0.1) is 0 Å². The number of rotatable bonds is 2. The molecule has 1 aromatic rings. The molecule has 14 heavy (non-hydrogen) atoms. The van der Waals surface area contributed by atoms with Crippen molar-refractivity contribution in [1.29, 1.82) is 0 Å². The van der Waals surface area contributed by atoms with E-state index < -0.39 is 0 Å². The molecule has 1 aliphatic carbocycles. The van der Waals surface area contributed by atoms with Crippen LogP contribution in [0.15, 0.2) is 12.1 Å². The number of benzene rings is 1. The number of aromatic hydroxyl groups is 1. The molecule has 0 unspecified atom stereocenters. The van der Waals surface area contributed by atoms with E-state index in [1.807, 2.05) is 6.92 Å². The molecule has 3 heteroatoms. The molecule has 0 heterocycles. The average molecular weight is 192 g/mol. The maximum atomic E-state index is 11.4. The Morgan fingerprint density at radius 3 is 2.93 bits per heavy atom. The first-order valence-electron chi connectivity index (χ1n) is 4.74. The monoisotopic (exact) mass is 192 g/mol. The van der Waals surface area contributed by atoms with Crippen molar-refractivity contribution in [2.75, 3.05) is 6.61 Å². The topological polar surface area (TPSA) is 46.5 Å². The molecule has 0 aromatic heterocycles. The Morgan fingerprint density at radius 1 is 1.43 bits per heavy atom. The fraction of sp³-hybridized carbons (Fsp3) is 0.364. The summed E-state index contributed by atoms with van der Waals surface area (Å²) in [4.78, 5) is 11.4. The molecule has 0 bridgehead atoms. The molecule has 0 amide bonds. The zero-order valence-corrected chi connectivity index (χ0v) is 8.04. The Kier molecular flexibility index (Phi) is 2.15. The molecular formula is C11H12O3. The molecule has 3 nitrogen and oxygen atoms in total. The first-order valence-corrected chi connectivity index (χ1v) is 4.74. The maximum absolute atomic E-state index is 11.4. The summed E-state index contributed by atoms with van der Waals surface area (Å²) in [6.45, 7) is 2.33. The van der Waals surface area contributed by atoms with Crippen molar-refractivity contribution in [3.8, 4) is 11.5 Å². The van der Waals surface area contributed by atoms with Crippen molar-refractivity contribution in [3.63, 3.8) is 0 Å². The normalized spacial score (nSPS) is 14.2. The number of carbonyl (C=O) groups excluding carboxylic acids is 1. The van der Waals surface area contributed by atoms with Crippen LogP contribution in [0.3, 0.4) is 0 Å². The third-order valence-corrected chi connectivity index (χ3v) is 2.41. The fourth-order valence-electron chi connectivity index (χ4n) is 1.73. The largest absolute Gasteiger partial charge is 0.504 e. The van der Waals surface area contributed by atoms with Gasteiger partial charge in [0.05, 0.1) is 6.61 Å². The molecule has 2 rings (SSSR count). The van der Waals surface area contributed by atoms with Crippen molar-refractivity contribution >= 4 is 5.78 Å². The van der Waals surface area contributed by atoms with E-state index in [0.29, 0.717) is 24.3 Å². The summed E-state index contributed by atoms with van der Waals surface area (Å²) in [5, 5.41) is 9.56. The lowest BCUT2D eigenvalue weighted by Crippen LogP contribution is -1.96. The molecule has 0 fully saturated rings. The zero-order valence-electron chi connectivity index (χ0n) is 8.04. The van der Waals surface area contributed by atoms with Gasteiger partial charge in [-0.05, 0) is 31.0 Å². The van der Waals surface area contributed by atoms with E-state index >= 15 is 0 Å². The quantitative estimate of drug-likeness (QED) is 0.778. The van der Waals surface area contributed by atoms with Crippen molar-refractivity contribution < 1.29 is 14.6 Å². The van der Waals surface area contributed by atoms with Gasteiger partial charge in [0, 0.05) is 12.0 Å². The highest BCUT2D eigenvalue weighted by molar-refractivity contribution is 6.01. The van der Waals surface area contributed by atoms with Gasteiger partial charge in [0.15, 0.2) is 17.3 Å². The Bertz CT molecular complexity index is 382. The number of carbonyl (C=O) groups is 1. The number of hydrogen-bond donors (Lipinski definition) is 1. The predicted molar refractivity (Wildman–Crippen MR) is 51.9 cm³/mol. The Hall–Kier alpha value is -1.51. The second kappa shape index (κ2) is 3.33. The van der Waals surface area contributed by atoms with Crippen molar-refractivity contribution in [3.05, 3.63) is 23.3 Å². The van der Waals surface area contributed by atoms with Crippen LogP contribution in [-0.2, 0) is 6.42 Å². The van der Waals surface area contributed by atoms with Crippen LogP contribution in [0, 0.1) is 0 Å². The van der Waals surface area contributed by atoms with Crippen LogP contribution in [0.4, 0.5) is 0 Å². The first-order chi connectivity index (χ1) is 6.72. The van der Waals surface area contributed by atoms with Gasteiger partial charge in [0.1, 0.15) is 0 Å². The van der Waals surface area contributed by atoms with E-state index in [4.69, 9.17) is 4.74 Å². The lowest BCUT2D eigenvalue weighted by molar-refractivity contribution is 0.0994. The van der Waals surface area contributed by atoms with E-state index in [0.717, 1.165) is 12.0 Å². The maximum Gasteiger partial charge on any atom is 0.163 e. The number of phenolic OH excluding ortho intramolecular Hbond substituents is 1. The highest BCUT2D eigenvalue weighted by Crippen LogP contribution is 2.33. The molecule has 0 atom stereocenters. The number of ketones is 1. The summed E-state index contributed by atoms with van der Waals surface area (Å²) in [5.41, 5.74) is 1.63. The molecule has 0 spiro atoms. The number of ether oxygens (including phenoxy) is 1. The lowest BCUT2D eigenvalue weighted by Gasteiger charge is -2.07. The SMILES string of the molecule is CCOc1cc2c(cc1O)CCC2=O. The molecule has 1 aromatic carbocycles. The van der Waals surface area contributed by atoms with Gasteiger partial charge in [0.2, 0.25) is 0 Å². The summed E-state index contributed by atoms with van der Waals surface area (Å²) < 4.78 is 5.21.